The quantitative estimate of drug-likeness (QED) is 0.173. The number of nitrogens with zero attached hydrogens (tertiary/aromatic N) is 3. The number of pyridine rings is 1. The van der Waals surface area contributed by atoms with Crippen molar-refractivity contribution < 1.29 is 13.2 Å². The topological polar surface area (TPSA) is 22.8 Å². The van der Waals surface area contributed by atoms with Crippen LogP contribution in [-0.4, -0.2) is 14.1 Å². The lowest BCUT2D eigenvalue weighted by molar-refractivity contribution is -0.137. The second kappa shape index (κ2) is 12.8. The summed E-state index contributed by atoms with van der Waals surface area (Å²) in [5.74, 6) is 0. The fraction of sp³-hybridized carbons (Fsp3) is 0.0600. The lowest BCUT2D eigenvalue weighted by Gasteiger charge is -2.20. The van der Waals surface area contributed by atoms with E-state index in [-0.39, 0.29) is 0 Å². The second-order valence-electron chi connectivity index (χ2n) is 14.5. The molecule has 0 aliphatic carbocycles. The summed E-state index contributed by atoms with van der Waals surface area (Å²) < 4.78 is 48.2. The molecule has 0 fully saturated rings. The van der Waals surface area contributed by atoms with Gasteiger partial charge in [-0.15, -0.1) is 0 Å². The Hall–Kier alpha value is -6.92. The zero-order valence-corrected chi connectivity index (χ0v) is 30.6. The average molecular weight is 734 g/mol. The first-order valence-corrected chi connectivity index (χ1v) is 18.6. The van der Waals surface area contributed by atoms with Crippen LogP contribution < -0.4 is 0 Å². The van der Waals surface area contributed by atoms with E-state index in [0.29, 0.717) is 22.5 Å². The Morgan fingerprint density at radius 3 is 1.50 bits per heavy atom. The normalized spacial score (nSPS) is 12.0. The standard InChI is InChI=1S/C50H34F3N3/c1-31-9-7-11-33(25-31)35-17-20-46-41(27-35)38-13-3-5-15-44(38)55(46)48-22-19-37(50(51,52)53)29-43(48)40-23-24-54-30-49(40)56-45-16-6-4-14-39(45)42-28-36(18-21-47(42)56)34-12-8-10-32(2)26-34/h3-30H,1-2H3. The molecular weight excluding hydrogens is 700 g/mol. The molecule has 0 radical (unpaired) electrons. The van der Waals surface area contributed by atoms with Crippen LogP contribution in [0.5, 0.6) is 0 Å². The first-order chi connectivity index (χ1) is 27.2. The summed E-state index contributed by atoms with van der Waals surface area (Å²) in [7, 11) is 0. The van der Waals surface area contributed by atoms with Crippen LogP contribution in [0, 0.1) is 13.8 Å². The molecule has 10 aromatic rings. The van der Waals surface area contributed by atoms with E-state index < -0.39 is 11.7 Å². The Balaban J connectivity index is 1.24. The number of benzene rings is 7. The first kappa shape index (κ1) is 33.6. The number of para-hydroxylation sites is 2. The number of fused-ring (bicyclic) bond motifs is 6. The third-order valence-corrected chi connectivity index (χ3v) is 10.9. The van der Waals surface area contributed by atoms with E-state index >= 15 is 0 Å². The van der Waals surface area contributed by atoms with E-state index in [4.69, 9.17) is 0 Å². The van der Waals surface area contributed by atoms with Gasteiger partial charge in [0.2, 0.25) is 0 Å². The second-order valence-corrected chi connectivity index (χ2v) is 14.5. The first-order valence-electron chi connectivity index (χ1n) is 18.6. The molecule has 56 heavy (non-hydrogen) atoms. The van der Waals surface area contributed by atoms with Gasteiger partial charge in [-0.05, 0) is 96.8 Å². The maximum atomic E-state index is 14.7. The monoisotopic (exact) mass is 733 g/mol. The summed E-state index contributed by atoms with van der Waals surface area (Å²) in [5, 5.41) is 4.13. The van der Waals surface area contributed by atoms with Gasteiger partial charge < -0.3 is 9.13 Å². The predicted molar refractivity (Wildman–Crippen MR) is 224 cm³/mol. The number of alkyl halides is 3. The van der Waals surface area contributed by atoms with E-state index in [2.05, 4.69) is 131 Å². The van der Waals surface area contributed by atoms with Gasteiger partial charge in [0, 0.05) is 38.9 Å². The van der Waals surface area contributed by atoms with Gasteiger partial charge in [0.25, 0.3) is 0 Å². The average Bonchev–Trinajstić information content (AvgIpc) is 3.72. The largest absolute Gasteiger partial charge is 0.416 e. The van der Waals surface area contributed by atoms with Gasteiger partial charge in [0.1, 0.15) is 0 Å². The molecule has 3 aromatic heterocycles. The molecule has 0 atom stereocenters. The molecule has 0 aliphatic heterocycles. The molecule has 3 heterocycles. The number of rotatable bonds is 5. The van der Waals surface area contributed by atoms with Crippen LogP contribution >= 0.6 is 0 Å². The molecule has 7 aromatic carbocycles. The van der Waals surface area contributed by atoms with Gasteiger partial charge in [-0.25, -0.2) is 0 Å². The van der Waals surface area contributed by atoms with Crippen LogP contribution in [0.1, 0.15) is 16.7 Å². The van der Waals surface area contributed by atoms with Crippen molar-refractivity contribution in [1.82, 2.24) is 14.1 Å². The zero-order chi connectivity index (χ0) is 38.1. The van der Waals surface area contributed by atoms with Crippen molar-refractivity contribution in [2.24, 2.45) is 0 Å². The summed E-state index contributed by atoms with van der Waals surface area (Å²) in [4.78, 5) is 4.57. The molecule has 3 nitrogen and oxygen atoms in total. The van der Waals surface area contributed by atoms with E-state index in [9.17, 15) is 13.2 Å². The van der Waals surface area contributed by atoms with Gasteiger partial charge in [-0.3, -0.25) is 4.98 Å². The van der Waals surface area contributed by atoms with Gasteiger partial charge in [0.15, 0.2) is 0 Å². The van der Waals surface area contributed by atoms with Crippen LogP contribution in [0.25, 0.3) is 88.4 Å². The van der Waals surface area contributed by atoms with Crippen LogP contribution in [0.4, 0.5) is 13.2 Å². The fourth-order valence-corrected chi connectivity index (χ4v) is 8.39. The molecule has 0 unspecified atom stereocenters. The minimum atomic E-state index is -4.55. The van der Waals surface area contributed by atoms with Crippen molar-refractivity contribution in [3.05, 3.63) is 187 Å². The van der Waals surface area contributed by atoms with Crippen molar-refractivity contribution in [2.45, 2.75) is 20.0 Å². The Bertz CT molecular complexity index is 3160. The Kier molecular flexibility index (Phi) is 7.72. The molecule has 0 saturated carbocycles. The summed E-state index contributed by atoms with van der Waals surface area (Å²) in [6.45, 7) is 4.16. The highest BCUT2D eigenvalue weighted by atomic mass is 19.4. The lowest BCUT2D eigenvalue weighted by Crippen LogP contribution is -2.08. The zero-order valence-electron chi connectivity index (χ0n) is 30.6. The molecular formula is C50H34F3N3. The van der Waals surface area contributed by atoms with Gasteiger partial charge in [-0.2, -0.15) is 13.2 Å². The SMILES string of the molecule is Cc1cccc(-c2ccc3c(c2)c2ccccc2n3-c2ccc(C(F)(F)F)cc2-c2ccncc2-n2c3ccccc3c3cc(-c4cccc(C)c4)ccc32)c1. The third-order valence-electron chi connectivity index (χ3n) is 10.9. The van der Waals surface area contributed by atoms with Crippen LogP contribution in [0.15, 0.2) is 170 Å². The van der Waals surface area contributed by atoms with Crippen molar-refractivity contribution in [2.75, 3.05) is 0 Å². The number of aromatic nitrogens is 3. The summed E-state index contributed by atoms with van der Waals surface area (Å²) in [6, 6.07) is 51.8. The van der Waals surface area contributed by atoms with E-state index in [0.717, 1.165) is 65.9 Å². The lowest BCUT2D eigenvalue weighted by atomic mass is 9.99. The van der Waals surface area contributed by atoms with Crippen molar-refractivity contribution in [3.8, 4) is 44.8 Å². The molecule has 270 valence electrons. The third kappa shape index (κ3) is 5.48. The molecule has 10 rings (SSSR count). The molecule has 0 amide bonds. The highest BCUT2D eigenvalue weighted by Gasteiger charge is 2.32. The number of aryl methyl sites for hydroxylation is 2. The number of hydrogen-bond donors (Lipinski definition) is 0. The van der Waals surface area contributed by atoms with Crippen LogP contribution in [0.2, 0.25) is 0 Å². The molecule has 6 heteroatoms. The summed E-state index contributed by atoms with van der Waals surface area (Å²) in [5.41, 5.74) is 12.1. The molecule has 0 spiro atoms. The van der Waals surface area contributed by atoms with Crippen LogP contribution in [0.3, 0.4) is 0 Å². The van der Waals surface area contributed by atoms with Gasteiger partial charge >= 0.3 is 6.18 Å². The minimum absolute atomic E-state index is 0.449. The molecule has 0 saturated heterocycles. The highest BCUT2D eigenvalue weighted by molar-refractivity contribution is 6.12. The van der Waals surface area contributed by atoms with Crippen molar-refractivity contribution in [3.63, 3.8) is 0 Å². The van der Waals surface area contributed by atoms with Crippen LogP contribution in [-0.2, 0) is 6.18 Å². The van der Waals surface area contributed by atoms with Gasteiger partial charge in [0.05, 0.1) is 45.2 Å². The van der Waals surface area contributed by atoms with E-state index in [1.165, 1.54) is 23.3 Å². The molecule has 0 bridgehead atoms. The minimum Gasteiger partial charge on any atom is -0.309 e. The molecule has 0 aliphatic rings. The molecule has 0 N–H and O–H groups in total. The Morgan fingerprint density at radius 1 is 0.429 bits per heavy atom. The Labute approximate surface area is 321 Å². The predicted octanol–water partition coefficient (Wildman–Crippen LogP) is 13.9. The summed E-state index contributed by atoms with van der Waals surface area (Å²) in [6.07, 6.45) is -1.13. The smallest absolute Gasteiger partial charge is 0.309 e. The number of hydrogen-bond acceptors (Lipinski definition) is 1. The number of halogens is 3. The fourth-order valence-electron chi connectivity index (χ4n) is 8.39. The maximum absolute atomic E-state index is 14.7. The van der Waals surface area contributed by atoms with Crippen molar-refractivity contribution in [1.29, 1.82) is 0 Å². The highest BCUT2D eigenvalue weighted by Crippen LogP contribution is 2.44. The Morgan fingerprint density at radius 2 is 0.946 bits per heavy atom. The van der Waals surface area contributed by atoms with E-state index in [1.54, 1.807) is 18.5 Å². The maximum Gasteiger partial charge on any atom is 0.416 e. The van der Waals surface area contributed by atoms with E-state index in [1.807, 2.05) is 36.4 Å². The van der Waals surface area contributed by atoms with Gasteiger partial charge in [-0.1, -0.05) is 108 Å². The van der Waals surface area contributed by atoms with Crippen molar-refractivity contribution >= 4 is 43.6 Å². The summed E-state index contributed by atoms with van der Waals surface area (Å²) >= 11 is 0.